The van der Waals surface area contributed by atoms with E-state index in [9.17, 15) is 4.79 Å². The standard InChI is InChI=1S/C14H18O3/c1-4-16-10-7-5-6-8-11(10)17-13-9-12(15)14(13,2)3/h5-8,13H,4,9H2,1-3H3. The highest BCUT2D eigenvalue weighted by atomic mass is 16.5. The molecule has 0 aromatic heterocycles. The molecule has 1 fully saturated rings. The fraction of sp³-hybridized carbons (Fsp3) is 0.500. The Morgan fingerprint density at radius 3 is 2.47 bits per heavy atom. The van der Waals surface area contributed by atoms with Crippen LogP contribution in [-0.4, -0.2) is 18.5 Å². The predicted octanol–water partition coefficient (Wildman–Crippen LogP) is 2.83. The summed E-state index contributed by atoms with van der Waals surface area (Å²) in [6.45, 7) is 6.39. The molecule has 0 heterocycles. The number of Topliss-reactive ketones (excluding diaryl/α,β-unsaturated/α-hetero) is 1. The molecule has 1 atom stereocenters. The number of benzene rings is 1. The van der Waals surface area contributed by atoms with Crippen LogP contribution in [0.2, 0.25) is 0 Å². The summed E-state index contributed by atoms with van der Waals surface area (Å²) in [5.41, 5.74) is -0.376. The lowest BCUT2D eigenvalue weighted by Crippen LogP contribution is -2.53. The second-order valence-electron chi connectivity index (χ2n) is 4.84. The second-order valence-corrected chi connectivity index (χ2v) is 4.84. The number of carbonyl (C=O) groups is 1. The number of ketones is 1. The molecule has 3 nitrogen and oxygen atoms in total. The van der Waals surface area contributed by atoms with Gasteiger partial charge in [-0.2, -0.15) is 0 Å². The van der Waals surface area contributed by atoms with Gasteiger partial charge in [-0.05, 0) is 32.9 Å². The van der Waals surface area contributed by atoms with Gasteiger partial charge in [0.15, 0.2) is 11.5 Å². The van der Waals surface area contributed by atoms with E-state index in [1.165, 1.54) is 0 Å². The van der Waals surface area contributed by atoms with Gasteiger partial charge in [-0.1, -0.05) is 12.1 Å². The Hall–Kier alpha value is -1.51. The summed E-state index contributed by atoms with van der Waals surface area (Å²) in [6, 6.07) is 7.58. The summed E-state index contributed by atoms with van der Waals surface area (Å²) < 4.78 is 11.4. The zero-order chi connectivity index (χ0) is 12.5. The first kappa shape index (κ1) is 12.0. The van der Waals surface area contributed by atoms with Gasteiger partial charge in [0.1, 0.15) is 11.9 Å². The van der Waals surface area contributed by atoms with Gasteiger partial charge in [-0.3, -0.25) is 4.79 Å². The van der Waals surface area contributed by atoms with Crippen molar-refractivity contribution in [3.63, 3.8) is 0 Å². The number of ether oxygens (including phenoxy) is 2. The van der Waals surface area contributed by atoms with Gasteiger partial charge in [-0.25, -0.2) is 0 Å². The van der Waals surface area contributed by atoms with E-state index in [1.54, 1.807) is 0 Å². The molecule has 0 amide bonds. The van der Waals surface area contributed by atoms with Crippen molar-refractivity contribution >= 4 is 5.78 Å². The van der Waals surface area contributed by atoms with Gasteiger partial charge in [0, 0.05) is 6.42 Å². The molecule has 0 aliphatic heterocycles. The van der Waals surface area contributed by atoms with Crippen molar-refractivity contribution in [3.8, 4) is 11.5 Å². The van der Waals surface area contributed by atoms with Crippen LogP contribution in [0.25, 0.3) is 0 Å². The van der Waals surface area contributed by atoms with Crippen LogP contribution in [0.1, 0.15) is 27.2 Å². The van der Waals surface area contributed by atoms with E-state index in [1.807, 2.05) is 45.0 Å². The zero-order valence-electron chi connectivity index (χ0n) is 10.5. The van der Waals surface area contributed by atoms with Crippen LogP contribution >= 0.6 is 0 Å². The van der Waals surface area contributed by atoms with E-state index in [0.717, 1.165) is 11.5 Å². The van der Waals surface area contributed by atoms with Crippen LogP contribution in [-0.2, 0) is 4.79 Å². The molecule has 1 aromatic rings. The fourth-order valence-corrected chi connectivity index (χ4v) is 1.90. The Kier molecular flexibility index (Phi) is 3.09. The molecule has 1 saturated carbocycles. The Labute approximate surface area is 102 Å². The number of hydrogen-bond acceptors (Lipinski definition) is 3. The van der Waals surface area contributed by atoms with Crippen LogP contribution in [0.15, 0.2) is 24.3 Å². The smallest absolute Gasteiger partial charge is 0.161 e. The fourth-order valence-electron chi connectivity index (χ4n) is 1.90. The normalized spacial score (nSPS) is 21.8. The van der Waals surface area contributed by atoms with E-state index in [0.29, 0.717) is 13.0 Å². The first-order chi connectivity index (χ1) is 8.05. The Balaban J connectivity index is 2.12. The van der Waals surface area contributed by atoms with Gasteiger partial charge < -0.3 is 9.47 Å². The highest BCUT2D eigenvalue weighted by Gasteiger charge is 2.49. The van der Waals surface area contributed by atoms with Crippen LogP contribution < -0.4 is 9.47 Å². The van der Waals surface area contributed by atoms with Crippen molar-refractivity contribution in [2.24, 2.45) is 5.41 Å². The maximum Gasteiger partial charge on any atom is 0.161 e. The summed E-state index contributed by atoms with van der Waals surface area (Å²) in [6.07, 6.45) is 0.449. The van der Waals surface area contributed by atoms with Gasteiger partial charge >= 0.3 is 0 Å². The molecule has 0 radical (unpaired) electrons. The van der Waals surface area contributed by atoms with E-state index >= 15 is 0 Å². The molecule has 92 valence electrons. The molecule has 0 spiro atoms. The summed E-state index contributed by atoms with van der Waals surface area (Å²) in [5.74, 6) is 1.72. The minimum absolute atomic E-state index is 0.0448. The molecule has 0 N–H and O–H groups in total. The number of hydrogen-bond donors (Lipinski definition) is 0. The topological polar surface area (TPSA) is 35.5 Å². The van der Waals surface area contributed by atoms with Crippen molar-refractivity contribution in [1.29, 1.82) is 0 Å². The summed E-state index contributed by atoms with van der Waals surface area (Å²) in [5, 5.41) is 0. The molecular formula is C14H18O3. The monoisotopic (exact) mass is 234 g/mol. The highest BCUT2D eigenvalue weighted by molar-refractivity contribution is 5.91. The lowest BCUT2D eigenvalue weighted by atomic mass is 9.68. The van der Waals surface area contributed by atoms with Crippen molar-refractivity contribution in [3.05, 3.63) is 24.3 Å². The average Bonchev–Trinajstić information content (AvgIpc) is 2.31. The molecule has 1 unspecified atom stereocenters. The number of carbonyl (C=O) groups excluding carboxylic acids is 1. The third-order valence-corrected chi connectivity index (χ3v) is 3.31. The molecule has 3 heteroatoms. The molecule has 0 saturated heterocycles. The predicted molar refractivity (Wildman–Crippen MR) is 65.4 cm³/mol. The van der Waals surface area contributed by atoms with E-state index < -0.39 is 0 Å². The van der Waals surface area contributed by atoms with Crippen LogP contribution in [0.4, 0.5) is 0 Å². The maximum absolute atomic E-state index is 11.5. The maximum atomic E-state index is 11.5. The summed E-state index contributed by atoms with van der Waals surface area (Å²) >= 11 is 0. The quantitative estimate of drug-likeness (QED) is 0.803. The Morgan fingerprint density at radius 2 is 1.94 bits per heavy atom. The third kappa shape index (κ3) is 2.14. The van der Waals surface area contributed by atoms with Gasteiger partial charge in [0.25, 0.3) is 0 Å². The Bertz CT molecular complexity index is 423. The molecule has 1 aliphatic rings. The van der Waals surface area contributed by atoms with Crippen LogP contribution in [0, 0.1) is 5.41 Å². The lowest BCUT2D eigenvalue weighted by Gasteiger charge is -2.42. The summed E-state index contributed by atoms with van der Waals surface area (Å²) in [4.78, 5) is 11.5. The van der Waals surface area contributed by atoms with Crippen LogP contribution in [0.3, 0.4) is 0 Å². The Morgan fingerprint density at radius 1 is 1.29 bits per heavy atom. The summed E-state index contributed by atoms with van der Waals surface area (Å²) in [7, 11) is 0. The molecule has 1 aliphatic carbocycles. The zero-order valence-corrected chi connectivity index (χ0v) is 10.5. The van der Waals surface area contributed by atoms with Crippen molar-refractivity contribution < 1.29 is 14.3 Å². The SMILES string of the molecule is CCOc1ccccc1OC1CC(=O)C1(C)C. The van der Waals surface area contributed by atoms with Crippen molar-refractivity contribution in [2.75, 3.05) is 6.61 Å². The van der Waals surface area contributed by atoms with Crippen LogP contribution in [0.5, 0.6) is 11.5 Å². The highest BCUT2D eigenvalue weighted by Crippen LogP contribution is 2.41. The van der Waals surface area contributed by atoms with Crippen molar-refractivity contribution in [2.45, 2.75) is 33.3 Å². The molecule has 0 bridgehead atoms. The van der Waals surface area contributed by atoms with E-state index in [-0.39, 0.29) is 17.3 Å². The molecule has 1 aromatic carbocycles. The molecular weight excluding hydrogens is 216 g/mol. The first-order valence-corrected chi connectivity index (χ1v) is 5.97. The van der Waals surface area contributed by atoms with Crippen molar-refractivity contribution in [1.82, 2.24) is 0 Å². The minimum Gasteiger partial charge on any atom is -0.490 e. The van der Waals surface area contributed by atoms with E-state index in [2.05, 4.69) is 0 Å². The second kappa shape index (κ2) is 4.40. The minimum atomic E-state index is -0.376. The number of rotatable bonds is 4. The molecule has 2 rings (SSSR count). The number of para-hydroxylation sites is 2. The van der Waals surface area contributed by atoms with Gasteiger partial charge in [0.2, 0.25) is 0 Å². The third-order valence-electron chi connectivity index (χ3n) is 3.31. The average molecular weight is 234 g/mol. The van der Waals surface area contributed by atoms with Gasteiger partial charge in [-0.15, -0.1) is 0 Å². The molecule has 17 heavy (non-hydrogen) atoms. The lowest BCUT2D eigenvalue weighted by molar-refractivity contribution is -0.148. The van der Waals surface area contributed by atoms with Gasteiger partial charge in [0.05, 0.1) is 12.0 Å². The van der Waals surface area contributed by atoms with E-state index in [4.69, 9.17) is 9.47 Å². The largest absolute Gasteiger partial charge is 0.490 e. The first-order valence-electron chi connectivity index (χ1n) is 5.97.